The number of Topliss-reactive ketones (excluding diaryl/α,β-unsaturated/α-hetero) is 1. The predicted molar refractivity (Wildman–Crippen MR) is 82.6 cm³/mol. The second-order valence-electron chi connectivity index (χ2n) is 4.19. The average molecular weight is 349 g/mol. The van der Waals surface area contributed by atoms with Crippen LogP contribution in [0.25, 0.3) is 0 Å². The van der Waals surface area contributed by atoms with Gasteiger partial charge in [-0.05, 0) is 29.8 Å². The van der Waals surface area contributed by atoms with Crippen molar-refractivity contribution in [2.24, 2.45) is 0 Å². The van der Waals surface area contributed by atoms with Gasteiger partial charge in [-0.2, -0.15) is 0 Å². The lowest BCUT2D eigenvalue weighted by Gasteiger charge is -2.03. The summed E-state index contributed by atoms with van der Waals surface area (Å²) in [6.07, 6.45) is 0. The largest absolute Gasteiger partial charge is 0.292 e. The van der Waals surface area contributed by atoms with E-state index in [0.29, 0.717) is 19.8 Å². The molecule has 0 bridgehead atoms. The summed E-state index contributed by atoms with van der Waals surface area (Å²) >= 11 is 12.5. The maximum absolute atomic E-state index is 12.0. The molecule has 0 saturated carbocycles. The minimum atomic E-state index is -3.51. The maximum atomic E-state index is 12.0. The Morgan fingerprint density at radius 3 is 2.25 bits per heavy atom. The van der Waals surface area contributed by atoms with Crippen LogP contribution in [0.4, 0.5) is 0 Å². The van der Waals surface area contributed by atoms with Gasteiger partial charge in [-0.25, -0.2) is 8.42 Å². The molecule has 7 heteroatoms. The Morgan fingerprint density at radius 1 is 1.05 bits per heavy atom. The first-order valence-corrected chi connectivity index (χ1v) is 8.98. The first-order chi connectivity index (χ1) is 9.35. The molecular weight excluding hydrogens is 339 g/mol. The van der Waals surface area contributed by atoms with Gasteiger partial charge in [0.05, 0.1) is 15.0 Å². The van der Waals surface area contributed by atoms with E-state index < -0.39 is 21.4 Å². The summed E-state index contributed by atoms with van der Waals surface area (Å²) in [6, 6.07) is 9.61. The van der Waals surface area contributed by atoms with Crippen LogP contribution in [-0.2, 0) is 15.6 Å². The van der Waals surface area contributed by atoms with Crippen LogP contribution in [0, 0.1) is 0 Å². The fraction of sp³-hybridized carbons (Fsp3) is 0.154. The van der Waals surface area contributed by atoms with Crippen molar-refractivity contribution in [3.8, 4) is 0 Å². The summed E-state index contributed by atoms with van der Waals surface area (Å²) < 4.78 is 24.4. The number of benzene rings is 1. The summed E-state index contributed by atoms with van der Waals surface area (Å²) in [7, 11) is -3.51. The van der Waals surface area contributed by atoms with Crippen molar-refractivity contribution < 1.29 is 13.2 Å². The van der Waals surface area contributed by atoms with E-state index in [0.717, 1.165) is 11.3 Å². The van der Waals surface area contributed by atoms with E-state index in [1.807, 2.05) is 0 Å². The molecule has 2 aromatic rings. The highest BCUT2D eigenvalue weighted by Gasteiger charge is 2.19. The third-order valence-electron chi connectivity index (χ3n) is 2.50. The van der Waals surface area contributed by atoms with Gasteiger partial charge in [-0.3, -0.25) is 4.79 Å². The van der Waals surface area contributed by atoms with Crippen molar-refractivity contribution >= 4 is 50.2 Å². The minimum Gasteiger partial charge on any atom is -0.292 e. The second-order valence-corrected chi connectivity index (χ2v) is 8.40. The molecule has 0 saturated heterocycles. The molecule has 20 heavy (non-hydrogen) atoms. The molecule has 3 nitrogen and oxygen atoms in total. The highest BCUT2D eigenvalue weighted by molar-refractivity contribution is 7.91. The van der Waals surface area contributed by atoms with E-state index in [-0.39, 0.29) is 5.75 Å². The molecule has 0 amide bonds. The molecule has 0 aliphatic rings. The van der Waals surface area contributed by atoms with Crippen molar-refractivity contribution in [1.29, 1.82) is 0 Å². The number of sulfone groups is 1. The Morgan fingerprint density at radius 2 is 1.70 bits per heavy atom. The van der Waals surface area contributed by atoms with Crippen molar-refractivity contribution in [3.63, 3.8) is 0 Å². The van der Waals surface area contributed by atoms with Crippen LogP contribution in [-0.4, -0.2) is 20.0 Å². The van der Waals surface area contributed by atoms with Gasteiger partial charge in [-0.1, -0.05) is 35.3 Å². The first-order valence-electron chi connectivity index (χ1n) is 5.59. The van der Waals surface area contributed by atoms with Crippen molar-refractivity contribution in [3.05, 3.63) is 56.2 Å². The van der Waals surface area contributed by atoms with Crippen molar-refractivity contribution in [2.45, 2.75) is 5.75 Å². The average Bonchev–Trinajstić information content (AvgIpc) is 2.78. The standard InChI is InChI=1S/C13H10Cl2O3S2/c14-10-3-1-9(2-4-10)7-20(17,18)8-11(16)12-5-6-13(15)19-12/h1-6H,7-8H2. The lowest BCUT2D eigenvalue weighted by atomic mass is 10.2. The quantitative estimate of drug-likeness (QED) is 0.771. The number of ketones is 1. The monoisotopic (exact) mass is 348 g/mol. The molecule has 1 heterocycles. The van der Waals surface area contributed by atoms with E-state index in [1.54, 1.807) is 30.3 Å². The zero-order valence-electron chi connectivity index (χ0n) is 10.2. The van der Waals surface area contributed by atoms with Crippen LogP contribution in [0.1, 0.15) is 15.2 Å². The van der Waals surface area contributed by atoms with Gasteiger partial charge >= 0.3 is 0 Å². The minimum absolute atomic E-state index is 0.185. The Labute approximate surface area is 131 Å². The van der Waals surface area contributed by atoms with Gasteiger partial charge < -0.3 is 0 Å². The van der Waals surface area contributed by atoms with Crippen LogP contribution in [0.15, 0.2) is 36.4 Å². The molecule has 1 aromatic heterocycles. The van der Waals surface area contributed by atoms with Crippen LogP contribution in [0.5, 0.6) is 0 Å². The SMILES string of the molecule is O=C(CS(=O)(=O)Cc1ccc(Cl)cc1)c1ccc(Cl)s1. The molecule has 0 aliphatic carbocycles. The molecular formula is C13H10Cl2O3S2. The van der Waals surface area contributed by atoms with Crippen LogP contribution < -0.4 is 0 Å². The Balaban J connectivity index is 2.07. The first kappa shape index (κ1) is 15.5. The van der Waals surface area contributed by atoms with Crippen molar-refractivity contribution in [2.75, 3.05) is 5.75 Å². The second kappa shape index (κ2) is 6.26. The van der Waals surface area contributed by atoms with E-state index in [2.05, 4.69) is 0 Å². The lowest BCUT2D eigenvalue weighted by Crippen LogP contribution is -2.17. The number of hydrogen-bond acceptors (Lipinski definition) is 4. The zero-order valence-corrected chi connectivity index (χ0v) is 13.3. The van der Waals surface area contributed by atoms with Crippen molar-refractivity contribution in [1.82, 2.24) is 0 Å². The van der Waals surface area contributed by atoms with Gasteiger partial charge in [0.1, 0.15) is 5.75 Å². The molecule has 0 atom stereocenters. The van der Waals surface area contributed by atoms with Crippen LogP contribution in [0.3, 0.4) is 0 Å². The molecule has 0 unspecified atom stereocenters. The number of carbonyl (C=O) groups is 1. The Hall–Kier alpha value is -0.880. The maximum Gasteiger partial charge on any atom is 0.187 e. The lowest BCUT2D eigenvalue weighted by molar-refractivity contribution is 0.102. The predicted octanol–water partition coefficient (Wildman–Crippen LogP) is 3.85. The van der Waals surface area contributed by atoms with Crippen LogP contribution in [0.2, 0.25) is 9.36 Å². The fourth-order valence-electron chi connectivity index (χ4n) is 1.62. The zero-order chi connectivity index (χ0) is 14.8. The third-order valence-corrected chi connectivity index (χ3v) is 5.50. The van der Waals surface area contributed by atoms with Gasteiger partial charge in [-0.15, -0.1) is 11.3 Å². The number of carbonyl (C=O) groups excluding carboxylic acids is 1. The number of hydrogen-bond donors (Lipinski definition) is 0. The summed E-state index contributed by atoms with van der Waals surface area (Å²) in [5, 5.41) is 0.537. The third kappa shape index (κ3) is 4.31. The summed E-state index contributed by atoms with van der Waals surface area (Å²) in [6.45, 7) is 0. The smallest absolute Gasteiger partial charge is 0.187 e. The highest BCUT2D eigenvalue weighted by Crippen LogP contribution is 2.22. The topological polar surface area (TPSA) is 51.2 Å². The molecule has 0 radical (unpaired) electrons. The molecule has 0 aliphatic heterocycles. The summed E-state index contributed by atoms with van der Waals surface area (Å²) in [5.74, 6) is -1.14. The summed E-state index contributed by atoms with van der Waals surface area (Å²) in [4.78, 5) is 12.2. The van der Waals surface area contributed by atoms with Gasteiger partial charge in [0.25, 0.3) is 0 Å². The molecule has 0 fully saturated rings. The fourth-order valence-corrected chi connectivity index (χ4v) is 4.18. The molecule has 2 rings (SSSR count). The molecule has 0 spiro atoms. The van der Waals surface area contributed by atoms with E-state index in [9.17, 15) is 13.2 Å². The summed E-state index contributed by atoms with van der Waals surface area (Å²) in [5.41, 5.74) is 0.603. The van der Waals surface area contributed by atoms with E-state index >= 15 is 0 Å². The van der Waals surface area contributed by atoms with Gasteiger partial charge in [0, 0.05) is 5.02 Å². The number of halogens is 2. The molecule has 1 aromatic carbocycles. The van der Waals surface area contributed by atoms with Gasteiger partial charge in [0.2, 0.25) is 0 Å². The highest BCUT2D eigenvalue weighted by atomic mass is 35.5. The van der Waals surface area contributed by atoms with Gasteiger partial charge in [0.15, 0.2) is 15.6 Å². The molecule has 0 N–H and O–H groups in total. The van der Waals surface area contributed by atoms with Crippen LogP contribution >= 0.6 is 34.5 Å². The molecule has 106 valence electrons. The number of rotatable bonds is 5. The number of thiophene rings is 1. The Kier molecular flexibility index (Phi) is 4.86. The normalized spacial score (nSPS) is 11.5. The Bertz CT molecular complexity index is 718. The van der Waals surface area contributed by atoms with E-state index in [1.165, 1.54) is 6.07 Å². The van der Waals surface area contributed by atoms with E-state index in [4.69, 9.17) is 23.2 Å².